The van der Waals surface area contributed by atoms with Crippen LogP contribution in [-0.2, 0) is 12.8 Å². The van der Waals surface area contributed by atoms with Gasteiger partial charge in [0, 0.05) is 41.1 Å². The van der Waals surface area contributed by atoms with Gasteiger partial charge in [0.25, 0.3) is 0 Å². The molecule has 1 aromatic rings. The molecule has 0 fully saturated rings. The molecule has 1 aromatic carbocycles. The molecule has 1 aliphatic carbocycles. The van der Waals surface area contributed by atoms with Crippen LogP contribution in [0.2, 0.25) is 0 Å². The molecule has 1 aliphatic heterocycles. The number of nitrogens with one attached hydrogen (secondary N) is 1. The number of nitrogens with zero attached hydrogens (tertiary/aromatic N) is 1. The topological polar surface area (TPSA) is 15.3 Å². The van der Waals surface area contributed by atoms with Crippen LogP contribution in [0.15, 0.2) is 76.7 Å². The van der Waals surface area contributed by atoms with E-state index in [9.17, 15) is 0 Å². The fourth-order valence-corrected chi connectivity index (χ4v) is 5.02. The second kappa shape index (κ2) is 14.5. The van der Waals surface area contributed by atoms with Gasteiger partial charge in [-0.05, 0) is 69.1 Å². The van der Waals surface area contributed by atoms with E-state index in [0.29, 0.717) is 17.0 Å². The maximum Gasteiger partial charge on any atom is 0.0493 e. The number of hydrogen-bond acceptors (Lipinski definition) is 2. The first kappa shape index (κ1) is 29.2. The summed E-state index contributed by atoms with van der Waals surface area (Å²) in [4.78, 5) is 2.69. The van der Waals surface area contributed by atoms with Crippen LogP contribution in [0.1, 0.15) is 77.5 Å². The second-order valence-corrected chi connectivity index (χ2v) is 10.0. The predicted molar refractivity (Wildman–Crippen MR) is 156 cm³/mol. The summed E-state index contributed by atoms with van der Waals surface area (Å²) in [6.45, 7) is 21.0. The standard InChI is InChI=1S/C30H41ClN2.C2H6/c1-7-21(4)13-16-26(28(31)8-2)29(9-3)32-30-20-33(18-17-23(30)6)25-15-14-24-12-10-11-22(5)27(24)19-25;1-2/h8-13,16,21,25,32H,2,7,14-15,17-20H2,1,3-6H3;1-2H3/b16-13-,28-26-,29-9-;. The third-order valence-electron chi connectivity index (χ3n) is 7.40. The lowest BCUT2D eigenvalue weighted by Crippen LogP contribution is -2.45. The number of rotatable bonds is 8. The molecule has 35 heavy (non-hydrogen) atoms. The Morgan fingerprint density at radius 2 is 2.00 bits per heavy atom. The summed E-state index contributed by atoms with van der Waals surface area (Å²) >= 11 is 6.60. The van der Waals surface area contributed by atoms with Crippen molar-refractivity contribution in [3.05, 3.63) is 93.3 Å². The highest BCUT2D eigenvalue weighted by atomic mass is 35.5. The number of benzene rings is 1. The summed E-state index contributed by atoms with van der Waals surface area (Å²) < 4.78 is 0. The molecule has 2 aliphatic rings. The third-order valence-corrected chi connectivity index (χ3v) is 7.75. The minimum absolute atomic E-state index is 0.510. The first-order chi connectivity index (χ1) is 16.9. The normalized spacial score (nSPS) is 20.6. The van der Waals surface area contributed by atoms with Gasteiger partial charge in [0.2, 0.25) is 0 Å². The molecule has 192 valence electrons. The zero-order valence-corrected chi connectivity index (χ0v) is 23.9. The molecule has 0 amide bonds. The highest BCUT2D eigenvalue weighted by molar-refractivity contribution is 6.32. The molecule has 2 atom stereocenters. The first-order valence-corrected chi connectivity index (χ1v) is 13.9. The van der Waals surface area contributed by atoms with Crippen molar-refractivity contribution in [3.8, 4) is 0 Å². The molecule has 0 bridgehead atoms. The van der Waals surface area contributed by atoms with E-state index in [1.165, 1.54) is 29.7 Å². The highest BCUT2D eigenvalue weighted by Crippen LogP contribution is 2.30. The second-order valence-electron chi connectivity index (χ2n) is 9.63. The zero-order chi connectivity index (χ0) is 26.0. The highest BCUT2D eigenvalue weighted by Gasteiger charge is 2.28. The van der Waals surface area contributed by atoms with E-state index in [1.54, 1.807) is 17.2 Å². The van der Waals surface area contributed by atoms with Crippen LogP contribution in [0.3, 0.4) is 0 Å². The maximum absolute atomic E-state index is 6.60. The molecule has 1 N–H and O–H groups in total. The van der Waals surface area contributed by atoms with Gasteiger partial charge in [-0.3, -0.25) is 4.90 Å². The van der Waals surface area contributed by atoms with Crippen LogP contribution in [0.25, 0.3) is 0 Å². The molecular formula is C32H47ClN2. The van der Waals surface area contributed by atoms with Crippen molar-refractivity contribution >= 4 is 11.6 Å². The van der Waals surface area contributed by atoms with E-state index in [4.69, 9.17) is 11.6 Å². The molecule has 0 saturated carbocycles. The van der Waals surface area contributed by atoms with Crippen molar-refractivity contribution in [1.29, 1.82) is 0 Å². The Morgan fingerprint density at radius 3 is 2.66 bits per heavy atom. The van der Waals surface area contributed by atoms with E-state index < -0.39 is 0 Å². The SMILES string of the molecule is C=C/C(Cl)=C(\C=C/C(C)CC)C(=C/C)/NC1=C(C)CCN(C2CCc3cccc(C)c3C2)C1.CC. The smallest absolute Gasteiger partial charge is 0.0493 e. The number of fused-ring (bicyclic) bond motifs is 1. The lowest BCUT2D eigenvalue weighted by Gasteiger charge is -2.39. The third kappa shape index (κ3) is 7.72. The van der Waals surface area contributed by atoms with Crippen molar-refractivity contribution in [3.63, 3.8) is 0 Å². The van der Waals surface area contributed by atoms with Crippen molar-refractivity contribution in [1.82, 2.24) is 10.2 Å². The van der Waals surface area contributed by atoms with Crippen LogP contribution in [0, 0.1) is 12.8 Å². The Morgan fingerprint density at radius 1 is 1.26 bits per heavy atom. The van der Waals surface area contributed by atoms with Crippen LogP contribution < -0.4 is 5.32 Å². The van der Waals surface area contributed by atoms with E-state index in [2.05, 4.69) is 87.8 Å². The van der Waals surface area contributed by atoms with Gasteiger partial charge < -0.3 is 5.32 Å². The van der Waals surface area contributed by atoms with Gasteiger partial charge >= 0.3 is 0 Å². The summed E-state index contributed by atoms with van der Waals surface area (Å²) in [7, 11) is 0. The van der Waals surface area contributed by atoms with Gasteiger partial charge in [-0.25, -0.2) is 0 Å². The lowest BCUT2D eigenvalue weighted by atomic mass is 9.84. The molecule has 2 nitrogen and oxygen atoms in total. The van der Waals surface area contributed by atoms with E-state index in [0.717, 1.165) is 43.6 Å². The van der Waals surface area contributed by atoms with Crippen LogP contribution in [0.4, 0.5) is 0 Å². The average Bonchev–Trinajstić information content (AvgIpc) is 2.89. The van der Waals surface area contributed by atoms with Crippen LogP contribution in [-0.4, -0.2) is 24.0 Å². The number of halogens is 1. The van der Waals surface area contributed by atoms with Crippen molar-refractivity contribution in [2.24, 2.45) is 5.92 Å². The van der Waals surface area contributed by atoms with E-state index in [-0.39, 0.29) is 0 Å². The Balaban J connectivity index is 0.00000210. The summed E-state index contributed by atoms with van der Waals surface area (Å²) in [5, 5.41) is 4.45. The Hall–Kier alpha value is -2.03. The van der Waals surface area contributed by atoms with Gasteiger partial charge in [0.05, 0.1) is 0 Å². The Labute approximate surface area is 220 Å². The van der Waals surface area contributed by atoms with Crippen molar-refractivity contribution in [2.45, 2.75) is 86.6 Å². The van der Waals surface area contributed by atoms with Gasteiger partial charge in [-0.15, -0.1) is 0 Å². The molecule has 0 spiro atoms. The molecular weight excluding hydrogens is 448 g/mol. The Bertz CT molecular complexity index is 979. The number of aryl methyl sites for hydroxylation is 2. The van der Waals surface area contributed by atoms with Crippen molar-refractivity contribution in [2.75, 3.05) is 13.1 Å². The molecule has 0 radical (unpaired) electrons. The summed E-state index contributed by atoms with van der Waals surface area (Å²) in [6.07, 6.45) is 14.1. The fraction of sp³-hybridized carbons (Fsp3) is 0.500. The van der Waals surface area contributed by atoms with E-state index >= 15 is 0 Å². The molecule has 3 heteroatoms. The number of allylic oxidation sites excluding steroid dienone is 5. The van der Waals surface area contributed by atoms with Crippen molar-refractivity contribution < 1.29 is 0 Å². The Kier molecular flexibility index (Phi) is 12.1. The van der Waals surface area contributed by atoms with Gasteiger partial charge in [-0.2, -0.15) is 0 Å². The average molecular weight is 495 g/mol. The van der Waals surface area contributed by atoms with Gasteiger partial charge in [-0.1, -0.05) is 100 Å². The largest absolute Gasteiger partial charge is 0.358 e. The lowest BCUT2D eigenvalue weighted by molar-refractivity contribution is 0.184. The first-order valence-electron chi connectivity index (χ1n) is 13.5. The fourth-order valence-electron chi connectivity index (χ4n) is 4.86. The van der Waals surface area contributed by atoms with Crippen LogP contribution >= 0.6 is 11.6 Å². The molecule has 1 heterocycles. The summed E-state index contributed by atoms with van der Waals surface area (Å²) in [5.74, 6) is 0.510. The quantitative estimate of drug-likeness (QED) is 0.364. The minimum atomic E-state index is 0.510. The van der Waals surface area contributed by atoms with Crippen LogP contribution in [0.5, 0.6) is 0 Å². The molecule has 3 rings (SSSR count). The number of hydrogen-bond donors (Lipinski definition) is 1. The maximum atomic E-state index is 6.60. The van der Waals surface area contributed by atoms with Gasteiger partial charge in [0.15, 0.2) is 0 Å². The molecule has 0 saturated heterocycles. The summed E-state index contributed by atoms with van der Waals surface area (Å²) in [5.41, 5.74) is 9.38. The minimum Gasteiger partial charge on any atom is -0.358 e. The predicted octanol–water partition coefficient (Wildman–Crippen LogP) is 8.63. The molecule has 0 aromatic heterocycles. The monoisotopic (exact) mass is 494 g/mol. The molecule has 2 unspecified atom stereocenters. The summed E-state index contributed by atoms with van der Waals surface area (Å²) in [6, 6.07) is 7.39. The van der Waals surface area contributed by atoms with Gasteiger partial charge in [0.1, 0.15) is 0 Å². The van der Waals surface area contributed by atoms with E-state index in [1.807, 2.05) is 13.8 Å². The zero-order valence-electron chi connectivity index (χ0n) is 23.2.